The molecule has 0 heterocycles. The maximum atomic E-state index is 5.59. The van der Waals surface area contributed by atoms with Gasteiger partial charge in [0.05, 0.1) is 6.61 Å². The van der Waals surface area contributed by atoms with E-state index >= 15 is 0 Å². The normalized spacial score (nSPS) is 14.1. The van der Waals surface area contributed by atoms with Crippen molar-refractivity contribution in [1.82, 2.24) is 0 Å². The minimum absolute atomic E-state index is 0.486. The van der Waals surface area contributed by atoms with Crippen molar-refractivity contribution in [3.8, 4) is 0 Å². The Morgan fingerprint density at radius 2 is 1.80 bits per heavy atom. The summed E-state index contributed by atoms with van der Waals surface area (Å²) in [6, 6.07) is 0. The Bertz CT molecular complexity index is 73.7. The minimum atomic E-state index is 0.486. The molecule has 0 saturated heterocycles. The number of halogens is 1. The molecule has 0 aromatic carbocycles. The van der Waals surface area contributed by atoms with Crippen molar-refractivity contribution < 1.29 is 4.74 Å². The lowest BCUT2D eigenvalue weighted by Crippen LogP contribution is -2.10. The van der Waals surface area contributed by atoms with Crippen molar-refractivity contribution in [2.24, 2.45) is 11.8 Å². The quantitative estimate of drug-likeness (QED) is 0.568. The summed E-state index contributed by atoms with van der Waals surface area (Å²) in [5, 5.41) is 0. The van der Waals surface area contributed by atoms with Crippen LogP contribution >= 0.6 is 11.6 Å². The highest BCUT2D eigenvalue weighted by atomic mass is 35.5. The molecule has 62 valence electrons. The highest BCUT2D eigenvalue weighted by molar-refractivity contribution is 6.18. The second-order valence-electron chi connectivity index (χ2n) is 3.19. The topological polar surface area (TPSA) is 9.23 Å². The molecule has 0 aromatic heterocycles. The molecule has 1 unspecified atom stereocenters. The number of hydrogen-bond acceptors (Lipinski definition) is 1. The molecular weight excluding hydrogens is 148 g/mol. The van der Waals surface area contributed by atoms with Crippen LogP contribution < -0.4 is 0 Å². The van der Waals surface area contributed by atoms with E-state index in [1.807, 2.05) is 0 Å². The van der Waals surface area contributed by atoms with Gasteiger partial charge in [0.1, 0.15) is 0 Å². The fourth-order valence-corrected chi connectivity index (χ4v) is 0.639. The van der Waals surface area contributed by atoms with Gasteiger partial charge in [-0.05, 0) is 11.8 Å². The van der Waals surface area contributed by atoms with Gasteiger partial charge < -0.3 is 4.74 Å². The third-order valence-electron chi connectivity index (χ3n) is 1.12. The van der Waals surface area contributed by atoms with E-state index in [2.05, 4.69) is 20.8 Å². The number of alkyl halides is 1. The third-order valence-corrected chi connectivity index (χ3v) is 1.64. The molecule has 0 spiro atoms. The fourth-order valence-electron chi connectivity index (χ4n) is 0.549. The Labute approximate surface area is 68.7 Å². The Hall–Kier alpha value is 0.250. The maximum absolute atomic E-state index is 5.59. The van der Waals surface area contributed by atoms with Gasteiger partial charge in [-0.15, -0.1) is 11.6 Å². The first-order valence-electron chi connectivity index (χ1n) is 3.80. The smallest absolute Gasteiger partial charge is 0.0503 e. The van der Waals surface area contributed by atoms with Gasteiger partial charge in [0.15, 0.2) is 0 Å². The summed E-state index contributed by atoms with van der Waals surface area (Å²) in [7, 11) is 0. The van der Waals surface area contributed by atoms with Crippen LogP contribution in [-0.2, 0) is 4.74 Å². The van der Waals surface area contributed by atoms with Crippen molar-refractivity contribution in [2.75, 3.05) is 19.1 Å². The molecule has 0 radical (unpaired) electrons. The van der Waals surface area contributed by atoms with Crippen LogP contribution in [0.4, 0.5) is 0 Å². The zero-order valence-corrected chi connectivity index (χ0v) is 7.82. The van der Waals surface area contributed by atoms with Crippen LogP contribution in [0.5, 0.6) is 0 Å². The highest BCUT2D eigenvalue weighted by Crippen LogP contribution is 2.00. The summed E-state index contributed by atoms with van der Waals surface area (Å²) in [5.74, 6) is 1.81. The number of rotatable bonds is 5. The Morgan fingerprint density at radius 3 is 2.20 bits per heavy atom. The largest absolute Gasteiger partial charge is 0.381 e. The molecule has 0 aromatic rings. The van der Waals surface area contributed by atoms with Gasteiger partial charge in [0.25, 0.3) is 0 Å². The summed E-state index contributed by atoms with van der Waals surface area (Å²) >= 11 is 5.59. The van der Waals surface area contributed by atoms with E-state index in [1.165, 1.54) is 0 Å². The monoisotopic (exact) mass is 164 g/mol. The summed E-state index contributed by atoms with van der Waals surface area (Å²) in [6.07, 6.45) is 0. The lowest BCUT2D eigenvalue weighted by Gasteiger charge is -2.09. The van der Waals surface area contributed by atoms with Crippen LogP contribution in [0.2, 0.25) is 0 Å². The van der Waals surface area contributed by atoms with Crippen LogP contribution in [0.1, 0.15) is 20.8 Å². The molecule has 0 rings (SSSR count). The summed E-state index contributed by atoms with van der Waals surface area (Å²) in [5.41, 5.74) is 0. The SMILES string of the molecule is CC(C)COCC(C)CCl. The Morgan fingerprint density at radius 1 is 1.20 bits per heavy atom. The van der Waals surface area contributed by atoms with E-state index in [0.29, 0.717) is 17.7 Å². The van der Waals surface area contributed by atoms with Crippen molar-refractivity contribution in [2.45, 2.75) is 20.8 Å². The molecule has 0 saturated carbocycles. The average molecular weight is 165 g/mol. The van der Waals surface area contributed by atoms with Gasteiger partial charge >= 0.3 is 0 Å². The first-order valence-corrected chi connectivity index (χ1v) is 4.34. The predicted molar refractivity (Wildman–Crippen MR) is 45.5 cm³/mol. The predicted octanol–water partition coefficient (Wildman–Crippen LogP) is 2.53. The number of ether oxygens (including phenoxy) is 1. The van der Waals surface area contributed by atoms with Gasteiger partial charge in [-0.1, -0.05) is 20.8 Å². The van der Waals surface area contributed by atoms with Crippen molar-refractivity contribution in [3.05, 3.63) is 0 Å². The van der Waals surface area contributed by atoms with Crippen molar-refractivity contribution in [3.63, 3.8) is 0 Å². The van der Waals surface area contributed by atoms with E-state index < -0.39 is 0 Å². The van der Waals surface area contributed by atoms with E-state index in [-0.39, 0.29) is 0 Å². The molecule has 1 nitrogen and oxygen atoms in total. The van der Waals surface area contributed by atoms with Gasteiger partial charge in [0, 0.05) is 12.5 Å². The van der Waals surface area contributed by atoms with Crippen molar-refractivity contribution >= 4 is 11.6 Å². The average Bonchev–Trinajstić information content (AvgIpc) is 1.87. The molecule has 0 fully saturated rings. The minimum Gasteiger partial charge on any atom is -0.381 e. The molecule has 0 aliphatic rings. The van der Waals surface area contributed by atoms with E-state index in [4.69, 9.17) is 16.3 Å². The molecule has 0 bridgehead atoms. The first kappa shape index (κ1) is 10.2. The zero-order valence-electron chi connectivity index (χ0n) is 7.06. The van der Waals surface area contributed by atoms with Gasteiger partial charge in [-0.2, -0.15) is 0 Å². The molecule has 0 aliphatic carbocycles. The van der Waals surface area contributed by atoms with Crippen LogP contribution in [-0.4, -0.2) is 19.1 Å². The molecular formula is C8H17ClO. The molecule has 1 atom stereocenters. The van der Waals surface area contributed by atoms with Gasteiger partial charge in [0.2, 0.25) is 0 Å². The van der Waals surface area contributed by atoms with Gasteiger partial charge in [-0.25, -0.2) is 0 Å². The maximum Gasteiger partial charge on any atom is 0.0503 e. The fraction of sp³-hybridized carbons (Fsp3) is 1.00. The van der Waals surface area contributed by atoms with E-state index in [0.717, 1.165) is 13.2 Å². The highest BCUT2D eigenvalue weighted by Gasteiger charge is 1.99. The summed E-state index contributed by atoms with van der Waals surface area (Å²) in [6.45, 7) is 8.02. The van der Waals surface area contributed by atoms with Crippen LogP contribution in [0.25, 0.3) is 0 Å². The number of hydrogen-bond donors (Lipinski definition) is 0. The van der Waals surface area contributed by atoms with Crippen LogP contribution in [0, 0.1) is 11.8 Å². The molecule has 2 heteroatoms. The molecule has 0 N–H and O–H groups in total. The Balaban J connectivity index is 3.03. The molecule has 0 aliphatic heterocycles. The van der Waals surface area contributed by atoms with E-state index in [1.54, 1.807) is 0 Å². The third kappa shape index (κ3) is 6.37. The lowest BCUT2D eigenvalue weighted by molar-refractivity contribution is 0.0894. The van der Waals surface area contributed by atoms with Crippen LogP contribution in [0.3, 0.4) is 0 Å². The molecule has 10 heavy (non-hydrogen) atoms. The Kier molecular flexibility index (Phi) is 6.14. The van der Waals surface area contributed by atoms with Crippen molar-refractivity contribution in [1.29, 1.82) is 0 Å². The first-order chi connectivity index (χ1) is 4.66. The van der Waals surface area contributed by atoms with Crippen LogP contribution in [0.15, 0.2) is 0 Å². The van der Waals surface area contributed by atoms with E-state index in [9.17, 15) is 0 Å². The second-order valence-corrected chi connectivity index (χ2v) is 3.50. The zero-order chi connectivity index (χ0) is 7.98. The summed E-state index contributed by atoms with van der Waals surface area (Å²) in [4.78, 5) is 0. The summed E-state index contributed by atoms with van der Waals surface area (Å²) < 4.78 is 5.36. The standard InChI is InChI=1S/C8H17ClO/c1-7(2)5-10-6-8(3)4-9/h7-8H,4-6H2,1-3H3. The second kappa shape index (κ2) is 5.99. The molecule has 0 amide bonds. The van der Waals surface area contributed by atoms with Gasteiger partial charge in [-0.3, -0.25) is 0 Å². The lowest BCUT2D eigenvalue weighted by atomic mass is 10.2.